The van der Waals surface area contributed by atoms with Gasteiger partial charge in [-0.1, -0.05) is 30.3 Å². The van der Waals surface area contributed by atoms with Crippen LogP contribution in [-0.4, -0.2) is 6.61 Å². The number of rotatable bonds is 2. The highest BCUT2D eigenvalue weighted by molar-refractivity contribution is 6.21. The molecule has 3 rings (SSSR count). The van der Waals surface area contributed by atoms with Gasteiger partial charge in [0.2, 0.25) is 0 Å². The highest BCUT2D eigenvalue weighted by atomic mass is 35.5. The molecule has 1 heterocycles. The van der Waals surface area contributed by atoms with Crippen molar-refractivity contribution in [2.45, 2.75) is 31.6 Å². The number of halogens is 2. The van der Waals surface area contributed by atoms with Crippen LogP contribution in [0.1, 0.15) is 40.0 Å². The summed E-state index contributed by atoms with van der Waals surface area (Å²) in [5.74, 6) is 0.964. The lowest BCUT2D eigenvalue weighted by atomic mass is 9.86. The van der Waals surface area contributed by atoms with Gasteiger partial charge in [0, 0.05) is 5.92 Å². The van der Waals surface area contributed by atoms with Crippen LogP contribution in [0.2, 0.25) is 0 Å². The fourth-order valence-electron chi connectivity index (χ4n) is 3.04. The average Bonchev–Trinajstić information content (AvgIpc) is 2.51. The first-order chi connectivity index (χ1) is 10.1. The smallest absolute Gasteiger partial charge is 0.129 e. The van der Waals surface area contributed by atoms with Crippen LogP contribution in [0.5, 0.6) is 5.75 Å². The Morgan fingerprint density at radius 3 is 2.57 bits per heavy atom. The van der Waals surface area contributed by atoms with Crippen molar-refractivity contribution in [3.63, 3.8) is 0 Å². The number of ether oxygens (including phenoxy) is 1. The third-order valence-corrected chi connectivity index (χ3v) is 4.69. The van der Waals surface area contributed by atoms with Crippen molar-refractivity contribution in [1.82, 2.24) is 0 Å². The van der Waals surface area contributed by atoms with Gasteiger partial charge in [0.1, 0.15) is 11.6 Å². The van der Waals surface area contributed by atoms with Gasteiger partial charge in [0.15, 0.2) is 0 Å². The first-order valence-corrected chi connectivity index (χ1v) is 7.64. The van der Waals surface area contributed by atoms with Gasteiger partial charge in [-0.05, 0) is 48.6 Å². The largest absolute Gasteiger partial charge is 0.493 e. The van der Waals surface area contributed by atoms with Crippen molar-refractivity contribution >= 4 is 11.6 Å². The molecular formula is C18H18ClFO. The summed E-state index contributed by atoms with van der Waals surface area (Å²) in [6, 6.07) is 11.7. The molecule has 1 aliphatic heterocycles. The highest BCUT2D eigenvalue weighted by Crippen LogP contribution is 2.45. The Balaban J connectivity index is 1.98. The molecule has 3 heteroatoms. The average molecular weight is 305 g/mol. The summed E-state index contributed by atoms with van der Waals surface area (Å²) in [5, 5.41) is -0.173. The molecule has 2 aromatic carbocycles. The predicted octanol–water partition coefficient (Wildman–Crippen LogP) is 5.29. The summed E-state index contributed by atoms with van der Waals surface area (Å²) >= 11 is 6.73. The molecule has 0 fully saturated rings. The monoisotopic (exact) mass is 304 g/mol. The second-order valence-electron chi connectivity index (χ2n) is 5.65. The van der Waals surface area contributed by atoms with Gasteiger partial charge in [-0.15, -0.1) is 11.6 Å². The molecular weight excluding hydrogens is 287 g/mol. The van der Waals surface area contributed by atoms with Gasteiger partial charge < -0.3 is 4.74 Å². The summed E-state index contributed by atoms with van der Waals surface area (Å²) in [6.45, 7) is 4.24. The van der Waals surface area contributed by atoms with Crippen LogP contribution < -0.4 is 4.74 Å². The van der Waals surface area contributed by atoms with Crippen LogP contribution in [0.3, 0.4) is 0 Å². The van der Waals surface area contributed by atoms with Crippen molar-refractivity contribution < 1.29 is 9.13 Å². The van der Waals surface area contributed by atoms with Crippen LogP contribution >= 0.6 is 11.6 Å². The lowest BCUT2D eigenvalue weighted by Gasteiger charge is -2.29. The molecule has 2 aromatic rings. The van der Waals surface area contributed by atoms with Crippen molar-refractivity contribution in [2.75, 3.05) is 6.61 Å². The van der Waals surface area contributed by atoms with E-state index in [0.717, 1.165) is 23.3 Å². The lowest BCUT2D eigenvalue weighted by molar-refractivity contribution is 0.265. The van der Waals surface area contributed by atoms with Gasteiger partial charge in [-0.3, -0.25) is 0 Å². The van der Waals surface area contributed by atoms with Gasteiger partial charge in [-0.2, -0.15) is 0 Å². The molecule has 110 valence electrons. The fourth-order valence-corrected chi connectivity index (χ4v) is 3.43. The minimum absolute atomic E-state index is 0.144. The Morgan fingerprint density at radius 2 is 1.86 bits per heavy atom. The van der Waals surface area contributed by atoms with E-state index in [1.165, 1.54) is 0 Å². The predicted molar refractivity (Wildman–Crippen MR) is 83.8 cm³/mol. The minimum Gasteiger partial charge on any atom is -0.493 e. The van der Waals surface area contributed by atoms with E-state index in [0.29, 0.717) is 17.7 Å². The van der Waals surface area contributed by atoms with E-state index in [4.69, 9.17) is 16.3 Å². The van der Waals surface area contributed by atoms with E-state index in [9.17, 15) is 4.39 Å². The summed E-state index contributed by atoms with van der Waals surface area (Å²) in [6.07, 6.45) is 0.876. The first kappa shape index (κ1) is 14.4. The molecule has 1 nitrogen and oxygen atoms in total. The number of fused-ring (bicyclic) bond motifs is 1. The Bertz CT molecular complexity index is 645. The highest BCUT2D eigenvalue weighted by Gasteiger charge is 2.29. The Morgan fingerprint density at radius 1 is 1.19 bits per heavy atom. The van der Waals surface area contributed by atoms with Crippen molar-refractivity contribution in [2.24, 2.45) is 0 Å². The van der Waals surface area contributed by atoms with Crippen LogP contribution in [0, 0.1) is 19.7 Å². The Labute approximate surface area is 129 Å². The minimum atomic E-state index is -0.173. The summed E-state index contributed by atoms with van der Waals surface area (Å²) in [4.78, 5) is 0. The standard InChI is InChI=1S/C18H18ClFO/c1-11-9-13(10-12(2)18(11)20)17(19)15-7-8-21-16-6-4-3-5-14(15)16/h3-6,9-10,15,17H,7-8H2,1-2H3. The lowest BCUT2D eigenvalue weighted by Crippen LogP contribution is -2.18. The zero-order chi connectivity index (χ0) is 15.0. The van der Waals surface area contributed by atoms with Gasteiger partial charge >= 0.3 is 0 Å². The fraction of sp³-hybridized carbons (Fsp3) is 0.333. The normalized spacial score (nSPS) is 18.8. The van der Waals surface area contributed by atoms with Crippen molar-refractivity contribution in [3.05, 3.63) is 64.5 Å². The molecule has 0 radical (unpaired) electrons. The molecule has 0 N–H and O–H groups in total. The van der Waals surface area contributed by atoms with E-state index in [-0.39, 0.29) is 17.1 Å². The maximum absolute atomic E-state index is 13.8. The van der Waals surface area contributed by atoms with Crippen molar-refractivity contribution in [1.29, 1.82) is 0 Å². The third-order valence-electron chi connectivity index (χ3n) is 4.14. The molecule has 0 spiro atoms. The van der Waals surface area contributed by atoms with E-state index in [1.807, 2.05) is 30.3 Å². The quantitative estimate of drug-likeness (QED) is 0.685. The number of hydrogen-bond acceptors (Lipinski definition) is 1. The summed E-state index contributed by atoms with van der Waals surface area (Å²) in [5.41, 5.74) is 3.42. The molecule has 0 aliphatic carbocycles. The third kappa shape index (κ3) is 2.65. The van der Waals surface area contributed by atoms with Gasteiger partial charge in [0.05, 0.1) is 12.0 Å². The number of hydrogen-bond donors (Lipinski definition) is 0. The summed E-state index contributed by atoms with van der Waals surface area (Å²) < 4.78 is 19.5. The molecule has 0 aromatic heterocycles. The second-order valence-corrected chi connectivity index (χ2v) is 6.12. The molecule has 2 unspecified atom stereocenters. The van der Waals surface area contributed by atoms with Gasteiger partial charge in [-0.25, -0.2) is 4.39 Å². The number of para-hydroxylation sites is 1. The molecule has 1 aliphatic rings. The molecule has 0 bridgehead atoms. The topological polar surface area (TPSA) is 9.23 Å². The van der Waals surface area contributed by atoms with Crippen LogP contribution in [-0.2, 0) is 0 Å². The maximum Gasteiger partial charge on any atom is 0.129 e. The number of aryl methyl sites for hydroxylation is 2. The maximum atomic E-state index is 13.8. The Kier molecular flexibility index (Phi) is 3.90. The van der Waals surface area contributed by atoms with Crippen LogP contribution in [0.15, 0.2) is 36.4 Å². The zero-order valence-electron chi connectivity index (χ0n) is 12.2. The molecule has 0 amide bonds. The summed E-state index contributed by atoms with van der Waals surface area (Å²) in [7, 11) is 0. The second kappa shape index (κ2) is 5.69. The SMILES string of the molecule is Cc1cc(C(Cl)C2CCOc3ccccc32)cc(C)c1F. The Hall–Kier alpha value is -1.54. The van der Waals surface area contributed by atoms with Crippen LogP contribution in [0.4, 0.5) is 4.39 Å². The number of benzene rings is 2. The molecule has 0 saturated heterocycles. The van der Waals surface area contributed by atoms with Crippen LogP contribution in [0.25, 0.3) is 0 Å². The molecule has 2 atom stereocenters. The van der Waals surface area contributed by atoms with E-state index < -0.39 is 0 Å². The number of alkyl halides is 1. The van der Waals surface area contributed by atoms with Gasteiger partial charge in [0.25, 0.3) is 0 Å². The first-order valence-electron chi connectivity index (χ1n) is 7.20. The molecule has 21 heavy (non-hydrogen) atoms. The zero-order valence-corrected chi connectivity index (χ0v) is 13.0. The van der Waals surface area contributed by atoms with E-state index in [2.05, 4.69) is 6.07 Å². The van der Waals surface area contributed by atoms with E-state index in [1.54, 1.807) is 13.8 Å². The molecule has 0 saturated carbocycles. The van der Waals surface area contributed by atoms with E-state index >= 15 is 0 Å². The van der Waals surface area contributed by atoms with Crippen molar-refractivity contribution in [3.8, 4) is 5.75 Å².